The van der Waals surface area contributed by atoms with Gasteiger partial charge in [0.2, 0.25) is 0 Å². The Morgan fingerprint density at radius 3 is 2.41 bits per heavy atom. The normalized spacial score (nSPS) is 31.9. The van der Waals surface area contributed by atoms with E-state index in [1.54, 1.807) is 4.90 Å². The third-order valence-corrected chi connectivity index (χ3v) is 8.08. The number of ether oxygens (including phenoxy) is 1. The maximum atomic E-state index is 12.5. The number of nitrogens with one attached hydrogen (secondary N) is 1. The van der Waals surface area contributed by atoms with Gasteiger partial charge < -0.3 is 20.1 Å². The lowest BCUT2D eigenvalue weighted by Crippen LogP contribution is -2.53. The lowest BCUT2D eigenvalue weighted by molar-refractivity contribution is -0.115. The molecular weight excluding hydrogens is 404 g/mol. The first kappa shape index (κ1) is 21.9. The van der Waals surface area contributed by atoms with Crippen molar-refractivity contribution < 1.29 is 14.6 Å². The first-order chi connectivity index (χ1) is 15.1. The lowest BCUT2D eigenvalue weighted by atomic mass is 9.48. The molecule has 4 fully saturated rings. The van der Waals surface area contributed by atoms with Crippen molar-refractivity contribution in [2.24, 2.45) is 23.2 Å². The van der Waals surface area contributed by atoms with Crippen LogP contribution < -0.4 is 5.32 Å². The summed E-state index contributed by atoms with van der Waals surface area (Å²) in [5.41, 5.74) is 1.52. The number of aromatic nitrogens is 2. The van der Waals surface area contributed by atoms with Crippen LogP contribution in [0.2, 0.25) is 0 Å². The van der Waals surface area contributed by atoms with E-state index in [1.165, 1.54) is 38.5 Å². The number of hydrogen-bond donors (Lipinski definition) is 2. The second kappa shape index (κ2) is 7.86. The number of carbonyl (C=O) groups excluding carboxylic acids is 1. The molecule has 1 aromatic heterocycles. The number of aryl methyl sites for hydroxylation is 1. The summed E-state index contributed by atoms with van der Waals surface area (Å²) in [6, 6.07) is 0. The van der Waals surface area contributed by atoms with Gasteiger partial charge in [-0.3, -0.25) is 0 Å². The zero-order valence-corrected chi connectivity index (χ0v) is 20.0. The Morgan fingerprint density at radius 2 is 1.81 bits per heavy atom. The summed E-state index contributed by atoms with van der Waals surface area (Å²) in [5.74, 6) is 3.97. The topological polar surface area (TPSA) is 87.6 Å². The molecule has 1 atom stereocenters. The fourth-order valence-electron chi connectivity index (χ4n) is 7.18. The van der Waals surface area contributed by atoms with Gasteiger partial charge in [0.25, 0.3) is 0 Å². The molecule has 1 unspecified atom stereocenters. The maximum Gasteiger partial charge on any atom is 0.410 e. The number of carbonyl (C=O) groups is 1. The number of hydrogen-bond acceptors (Lipinski definition) is 6. The average Bonchev–Trinajstić information content (AvgIpc) is 2.68. The summed E-state index contributed by atoms with van der Waals surface area (Å²) in [7, 11) is 0. The maximum absolute atomic E-state index is 12.5. The Hall–Kier alpha value is -1.89. The molecule has 0 aromatic carbocycles. The van der Waals surface area contributed by atoms with Crippen LogP contribution >= 0.6 is 0 Å². The standard InChI is InChI=1S/C25H38N4O3/c1-15-27-20-14-29(23(31)32-24(2,3)4)6-5-19(20)22(28-15)26-13-21(30)25-10-16-7-17(11-25)9-18(8-16)12-25/h16-18,21,30H,5-14H2,1-4H3,(H,26,27,28). The Morgan fingerprint density at radius 1 is 1.19 bits per heavy atom. The molecule has 7 nitrogen and oxygen atoms in total. The minimum Gasteiger partial charge on any atom is -0.444 e. The van der Waals surface area contributed by atoms with Gasteiger partial charge in [-0.2, -0.15) is 0 Å². The van der Waals surface area contributed by atoms with Crippen molar-refractivity contribution in [2.75, 3.05) is 18.4 Å². The van der Waals surface area contributed by atoms with Gasteiger partial charge in [0, 0.05) is 18.7 Å². The number of nitrogens with zero attached hydrogens (tertiary/aromatic N) is 3. The van der Waals surface area contributed by atoms with E-state index >= 15 is 0 Å². The van der Waals surface area contributed by atoms with Gasteiger partial charge in [-0.1, -0.05) is 0 Å². The average molecular weight is 443 g/mol. The molecule has 5 aliphatic rings. The van der Waals surface area contributed by atoms with Crippen LogP contribution in [0, 0.1) is 30.1 Å². The van der Waals surface area contributed by atoms with Gasteiger partial charge in [0.05, 0.1) is 18.3 Å². The lowest BCUT2D eigenvalue weighted by Gasteiger charge is -2.58. The van der Waals surface area contributed by atoms with E-state index in [-0.39, 0.29) is 17.6 Å². The number of fused-ring (bicyclic) bond motifs is 1. The summed E-state index contributed by atoms with van der Waals surface area (Å²) in [5, 5.41) is 14.8. The molecule has 0 radical (unpaired) electrons. The summed E-state index contributed by atoms with van der Waals surface area (Å²) < 4.78 is 5.54. The van der Waals surface area contributed by atoms with Crippen LogP contribution in [-0.2, 0) is 17.7 Å². The summed E-state index contributed by atoms with van der Waals surface area (Å²) >= 11 is 0. The fourth-order valence-corrected chi connectivity index (χ4v) is 7.18. The van der Waals surface area contributed by atoms with Crippen LogP contribution in [0.1, 0.15) is 76.4 Å². The molecule has 32 heavy (non-hydrogen) atoms. The first-order valence-corrected chi connectivity index (χ1v) is 12.4. The monoisotopic (exact) mass is 442 g/mol. The van der Waals surface area contributed by atoms with Crippen molar-refractivity contribution in [2.45, 2.75) is 90.9 Å². The van der Waals surface area contributed by atoms with Crippen LogP contribution in [0.15, 0.2) is 0 Å². The Kier molecular flexibility index (Phi) is 5.38. The molecule has 1 aromatic rings. The third-order valence-electron chi connectivity index (χ3n) is 8.08. The fraction of sp³-hybridized carbons (Fsp3) is 0.800. The SMILES string of the molecule is Cc1nc2c(c(NCC(O)C34CC5CC(CC(C5)C3)C4)n1)CCN(C(=O)OC(C)(C)C)C2. The van der Waals surface area contributed by atoms with E-state index in [1.807, 2.05) is 27.7 Å². The molecular formula is C25H38N4O3. The van der Waals surface area contributed by atoms with Gasteiger partial charge in [0.15, 0.2) is 0 Å². The quantitative estimate of drug-likeness (QED) is 0.731. The van der Waals surface area contributed by atoms with Crippen LogP contribution in [0.25, 0.3) is 0 Å². The van der Waals surface area contributed by atoms with Crippen molar-refractivity contribution in [1.82, 2.24) is 14.9 Å². The van der Waals surface area contributed by atoms with Crippen LogP contribution in [-0.4, -0.2) is 50.9 Å². The van der Waals surface area contributed by atoms with Crippen molar-refractivity contribution in [3.05, 3.63) is 17.1 Å². The minimum absolute atomic E-state index is 0.0946. The molecule has 4 bridgehead atoms. The second-order valence-corrected chi connectivity index (χ2v) is 11.9. The third kappa shape index (κ3) is 4.20. The summed E-state index contributed by atoms with van der Waals surface area (Å²) in [6.07, 6.45) is 7.75. The molecule has 4 saturated carbocycles. The molecule has 176 valence electrons. The van der Waals surface area contributed by atoms with Crippen molar-refractivity contribution >= 4 is 11.9 Å². The van der Waals surface area contributed by atoms with Gasteiger partial charge in [0.1, 0.15) is 17.2 Å². The van der Waals surface area contributed by atoms with E-state index < -0.39 is 5.60 Å². The predicted molar refractivity (Wildman–Crippen MR) is 122 cm³/mol. The summed E-state index contributed by atoms with van der Waals surface area (Å²) in [4.78, 5) is 23.5. The van der Waals surface area contributed by atoms with Crippen LogP contribution in [0.4, 0.5) is 10.6 Å². The van der Waals surface area contributed by atoms with Gasteiger partial charge in [-0.05, 0) is 95.8 Å². The number of aliphatic hydroxyl groups is 1. The smallest absolute Gasteiger partial charge is 0.410 e. The van der Waals surface area contributed by atoms with Crippen molar-refractivity contribution in [1.29, 1.82) is 0 Å². The molecule has 1 amide bonds. The van der Waals surface area contributed by atoms with Gasteiger partial charge >= 0.3 is 6.09 Å². The number of rotatable bonds is 4. The van der Waals surface area contributed by atoms with Crippen LogP contribution in [0.3, 0.4) is 0 Å². The highest BCUT2D eigenvalue weighted by Crippen LogP contribution is 2.61. The largest absolute Gasteiger partial charge is 0.444 e. The highest BCUT2D eigenvalue weighted by Gasteiger charge is 2.53. The molecule has 6 rings (SSSR count). The molecule has 2 heterocycles. The number of amides is 1. The van der Waals surface area contributed by atoms with Crippen LogP contribution in [0.5, 0.6) is 0 Å². The Labute approximate surface area is 191 Å². The molecule has 0 spiro atoms. The predicted octanol–water partition coefficient (Wildman–Crippen LogP) is 4.07. The number of anilines is 1. The molecule has 4 aliphatic carbocycles. The molecule has 7 heteroatoms. The molecule has 1 aliphatic heterocycles. The zero-order valence-electron chi connectivity index (χ0n) is 20.0. The van der Waals surface area contributed by atoms with Crippen molar-refractivity contribution in [3.63, 3.8) is 0 Å². The number of aliphatic hydroxyl groups excluding tert-OH is 1. The molecule has 0 saturated heterocycles. The van der Waals surface area contributed by atoms with E-state index in [0.717, 1.165) is 34.8 Å². The van der Waals surface area contributed by atoms with E-state index in [0.29, 0.717) is 31.9 Å². The minimum atomic E-state index is -0.515. The van der Waals surface area contributed by atoms with E-state index in [2.05, 4.69) is 15.3 Å². The van der Waals surface area contributed by atoms with Gasteiger partial charge in [-0.25, -0.2) is 14.8 Å². The highest BCUT2D eigenvalue weighted by molar-refractivity contribution is 5.69. The van der Waals surface area contributed by atoms with Gasteiger partial charge in [-0.15, -0.1) is 0 Å². The second-order valence-electron chi connectivity index (χ2n) is 11.9. The first-order valence-electron chi connectivity index (χ1n) is 12.4. The van der Waals surface area contributed by atoms with E-state index in [4.69, 9.17) is 4.74 Å². The van der Waals surface area contributed by atoms with Crippen molar-refractivity contribution in [3.8, 4) is 0 Å². The Balaban J connectivity index is 1.27. The molecule has 2 N–H and O–H groups in total. The van der Waals surface area contributed by atoms with E-state index in [9.17, 15) is 9.90 Å². The summed E-state index contributed by atoms with van der Waals surface area (Å²) in [6.45, 7) is 9.07. The highest BCUT2D eigenvalue weighted by atomic mass is 16.6. The zero-order chi connectivity index (χ0) is 22.7. The Bertz CT molecular complexity index is 859.